The van der Waals surface area contributed by atoms with Crippen LogP contribution in [0.1, 0.15) is 12.8 Å². The number of carbonyl (C=O) groups is 1. The summed E-state index contributed by atoms with van der Waals surface area (Å²) in [5.41, 5.74) is 0. The largest absolute Gasteiger partial charge is 0.381 e. The van der Waals surface area contributed by atoms with E-state index < -0.39 is 0 Å². The van der Waals surface area contributed by atoms with Crippen molar-refractivity contribution in [2.75, 3.05) is 27.2 Å². The molecule has 70 valence electrons. The lowest BCUT2D eigenvalue weighted by Crippen LogP contribution is -2.44. The third-order valence-corrected chi connectivity index (χ3v) is 2.28. The summed E-state index contributed by atoms with van der Waals surface area (Å²) < 4.78 is 5.19. The number of urea groups is 1. The van der Waals surface area contributed by atoms with Gasteiger partial charge in [0.15, 0.2) is 0 Å². The van der Waals surface area contributed by atoms with Crippen LogP contribution in [0.5, 0.6) is 0 Å². The molecule has 1 N–H and O–H groups in total. The SMILES string of the molecule is CNC(=O)N1CCC(OC)CC1. The van der Waals surface area contributed by atoms with E-state index >= 15 is 0 Å². The fourth-order valence-corrected chi connectivity index (χ4v) is 1.45. The highest BCUT2D eigenvalue weighted by Gasteiger charge is 2.21. The second-order valence-corrected chi connectivity index (χ2v) is 2.98. The van der Waals surface area contributed by atoms with Gasteiger partial charge in [-0.2, -0.15) is 0 Å². The van der Waals surface area contributed by atoms with E-state index in [4.69, 9.17) is 4.74 Å². The van der Waals surface area contributed by atoms with Gasteiger partial charge in [0.05, 0.1) is 6.10 Å². The van der Waals surface area contributed by atoms with Gasteiger partial charge < -0.3 is 15.0 Å². The first kappa shape index (κ1) is 9.32. The molecule has 0 bridgehead atoms. The van der Waals surface area contributed by atoms with E-state index in [-0.39, 0.29) is 6.03 Å². The average Bonchev–Trinajstić information content (AvgIpc) is 2.17. The molecule has 0 aliphatic carbocycles. The maximum absolute atomic E-state index is 11.1. The molecule has 1 fully saturated rings. The minimum atomic E-state index is 0.0181. The van der Waals surface area contributed by atoms with Crippen molar-refractivity contribution in [3.05, 3.63) is 0 Å². The molecule has 12 heavy (non-hydrogen) atoms. The van der Waals surface area contributed by atoms with Crippen molar-refractivity contribution < 1.29 is 9.53 Å². The molecule has 2 amide bonds. The predicted molar refractivity (Wildman–Crippen MR) is 46.1 cm³/mol. The van der Waals surface area contributed by atoms with Crippen molar-refractivity contribution in [2.24, 2.45) is 0 Å². The van der Waals surface area contributed by atoms with Gasteiger partial charge in [0, 0.05) is 27.2 Å². The molecule has 0 aromatic rings. The van der Waals surface area contributed by atoms with Gasteiger partial charge in [0.2, 0.25) is 0 Å². The standard InChI is InChI=1S/C8H16N2O2/c1-9-8(11)10-5-3-7(12-2)4-6-10/h7H,3-6H2,1-2H3,(H,9,11). The number of amides is 2. The molecule has 1 aliphatic rings. The Morgan fingerprint density at radius 1 is 1.50 bits per heavy atom. The molecule has 0 saturated carbocycles. The monoisotopic (exact) mass is 172 g/mol. The lowest BCUT2D eigenvalue weighted by atomic mass is 10.1. The zero-order valence-electron chi connectivity index (χ0n) is 7.67. The van der Waals surface area contributed by atoms with Crippen LogP contribution in [0.3, 0.4) is 0 Å². The van der Waals surface area contributed by atoms with Crippen LogP contribution < -0.4 is 5.32 Å². The molecular formula is C8H16N2O2. The van der Waals surface area contributed by atoms with Crippen molar-refractivity contribution in [2.45, 2.75) is 18.9 Å². The second-order valence-electron chi connectivity index (χ2n) is 2.98. The zero-order chi connectivity index (χ0) is 8.97. The quantitative estimate of drug-likeness (QED) is 0.623. The third-order valence-electron chi connectivity index (χ3n) is 2.28. The lowest BCUT2D eigenvalue weighted by molar-refractivity contribution is 0.0506. The summed E-state index contributed by atoms with van der Waals surface area (Å²) in [7, 11) is 3.38. The molecular weight excluding hydrogens is 156 g/mol. The lowest BCUT2D eigenvalue weighted by Gasteiger charge is -2.30. The van der Waals surface area contributed by atoms with E-state index in [2.05, 4.69) is 5.32 Å². The van der Waals surface area contributed by atoms with E-state index in [0.717, 1.165) is 25.9 Å². The Balaban J connectivity index is 2.30. The van der Waals surface area contributed by atoms with E-state index in [0.29, 0.717) is 6.10 Å². The highest BCUT2D eigenvalue weighted by Crippen LogP contribution is 2.12. The topological polar surface area (TPSA) is 41.6 Å². The van der Waals surface area contributed by atoms with Crippen molar-refractivity contribution in [1.82, 2.24) is 10.2 Å². The summed E-state index contributed by atoms with van der Waals surface area (Å²) in [5, 5.41) is 2.61. The molecule has 0 aromatic heterocycles. The Morgan fingerprint density at radius 2 is 2.08 bits per heavy atom. The van der Waals surface area contributed by atoms with Gasteiger partial charge in [-0.1, -0.05) is 0 Å². The number of piperidine rings is 1. The Bertz CT molecular complexity index is 153. The van der Waals surface area contributed by atoms with Crippen molar-refractivity contribution in [1.29, 1.82) is 0 Å². The van der Waals surface area contributed by atoms with Crippen molar-refractivity contribution in [3.63, 3.8) is 0 Å². The molecule has 1 heterocycles. The summed E-state index contributed by atoms with van der Waals surface area (Å²) in [5.74, 6) is 0. The summed E-state index contributed by atoms with van der Waals surface area (Å²) in [6.07, 6.45) is 2.24. The van der Waals surface area contributed by atoms with Crippen LogP contribution in [0, 0.1) is 0 Å². The third kappa shape index (κ3) is 2.11. The van der Waals surface area contributed by atoms with Gasteiger partial charge in [0.25, 0.3) is 0 Å². The minimum Gasteiger partial charge on any atom is -0.381 e. The number of rotatable bonds is 1. The number of carbonyl (C=O) groups excluding carboxylic acids is 1. The fourth-order valence-electron chi connectivity index (χ4n) is 1.45. The zero-order valence-corrected chi connectivity index (χ0v) is 7.67. The summed E-state index contributed by atoms with van der Waals surface area (Å²) >= 11 is 0. The first-order valence-electron chi connectivity index (χ1n) is 4.27. The van der Waals surface area contributed by atoms with Crippen molar-refractivity contribution >= 4 is 6.03 Å². The average molecular weight is 172 g/mol. The number of nitrogens with one attached hydrogen (secondary N) is 1. The van der Waals surface area contributed by atoms with Gasteiger partial charge in [0.1, 0.15) is 0 Å². The number of hydrogen-bond acceptors (Lipinski definition) is 2. The Hall–Kier alpha value is -0.770. The first-order chi connectivity index (χ1) is 5.77. The molecule has 1 aliphatic heterocycles. The number of ether oxygens (including phenoxy) is 1. The molecule has 0 spiro atoms. The van der Waals surface area contributed by atoms with Crippen molar-refractivity contribution in [3.8, 4) is 0 Å². The van der Waals surface area contributed by atoms with E-state index in [1.165, 1.54) is 0 Å². The van der Waals surface area contributed by atoms with Gasteiger partial charge in [-0.25, -0.2) is 4.79 Å². The Labute approximate surface area is 72.9 Å². The summed E-state index contributed by atoms with van der Waals surface area (Å²) in [6.45, 7) is 1.61. The van der Waals surface area contributed by atoms with Crippen LogP contribution in [0.2, 0.25) is 0 Å². The van der Waals surface area contributed by atoms with E-state index in [1.54, 1.807) is 14.2 Å². The normalized spacial score (nSPS) is 19.3. The van der Waals surface area contributed by atoms with Gasteiger partial charge in [-0.05, 0) is 12.8 Å². The maximum Gasteiger partial charge on any atom is 0.317 e. The molecule has 0 unspecified atom stereocenters. The summed E-state index contributed by atoms with van der Waals surface area (Å²) in [4.78, 5) is 13.0. The maximum atomic E-state index is 11.1. The van der Waals surface area contributed by atoms with Crippen LogP contribution in [0.15, 0.2) is 0 Å². The van der Waals surface area contributed by atoms with Crippen LogP contribution in [-0.4, -0.2) is 44.3 Å². The first-order valence-corrected chi connectivity index (χ1v) is 4.27. The summed E-state index contributed by atoms with van der Waals surface area (Å²) in [6, 6.07) is 0.0181. The van der Waals surface area contributed by atoms with Gasteiger partial charge in [-0.15, -0.1) is 0 Å². The second kappa shape index (κ2) is 4.30. The smallest absolute Gasteiger partial charge is 0.317 e. The molecule has 4 nitrogen and oxygen atoms in total. The Kier molecular flexibility index (Phi) is 3.34. The van der Waals surface area contributed by atoms with E-state index in [9.17, 15) is 4.79 Å². The van der Waals surface area contributed by atoms with Gasteiger partial charge >= 0.3 is 6.03 Å². The van der Waals surface area contributed by atoms with E-state index in [1.807, 2.05) is 4.90 Å². The highest BCUT2D eigenvalue weighted by molar-refractivity contribution is 5.73. The molecule has 1 rings (SSSR count). The van der Waals surface area contributed by atoms with Crippen LogP contribution in [-0.2, 0) is 4.74 Å². The number of hydrogen-bond donors (Lipinski definition) is 1. The molecule has 1 saturated heterocycles. The molecule has 4 heteroatoms. The number of methoxy groups -OCH3 is 1. The molecule has 0 atom stereocenters. The molecule has 0 radical (unpaired) electrons. The van der Waals surface area contributed by atoms with Crippen LogP contribution in [0.4, 0.5) is 4.79 Å². The number of likely N-dealkylation sites (tertiary alicyclic amines) is 1. The van der Waals surface area contributed by atoms with Crippen LogP contribution in [0.25, 0.3) is 0 Å². The fraction of sp³-hybridized carbons (Fsp3) is 0.875. The minimum absolute atomic E-state index is 0.0181. The predicted octanol–water partition coefficient (Wildman–Crippen LogP) is 0.437. The van der Waals surface area contributed by atoms with Crippen LogP contribution >= 0.6 is 0 Å². The highest BCUT2D eigenvalue weighted by atomic mass is 16.5. The Morgan fingerprint density at radius 3 is 2.50 bits per heavy atom. The number of nitrogens with zero attached hydrogens (tertiary/aromatic N) is 1. The molecule has 0 aromatic carbocycles. The van der Waals surface area contributed by atoms with Gasteiger partial charge in [-0.3, -0.25) is 0 Å².